The Balaban J connectivity index is 1.61. The van der Waals surface area contributed by atoms with Crippen molar-refractivity contribution in [3.63, 3.8) is 0 Å². The van der Waals surface area contributed by atoms with Crippen molar-refractivity contribution in [2.75, 3.05) is 27.9 Å². The molecule has 1 saturated heterocycles. The summed E-state index contributed by atoms with van der Waals surface area (Å²) >= 11 is 5.79. The lowest BCUT2D eigenvalue weighted by atomic mass is 9.94. The maximum Gasteiger partial charge on any atom is 0.417 e. The second-order valence-electron chi connectivity index (χ2n) is 10.2. The molecule has 1 atom stereocenters. The molecule has 2 aliphatic heterocycles. The predicted molar refractivity (Wildman–Crippen MR) is 140 cm³/mol. The maximum absolute atomic E-state index is 14.0. The van der Waals surface area contributed by atoms with Crippen molar-refractivity contribution in [1.29, 1.82) is 5.26 Å². The van der Waals surface area contributed by atoms with E-state index in [0.29, 0.717) is 30.8 Å². The molecule has 5 rings (SSSR count). The molecular weight excluding hydrogens is 517 g/mol. The highest BCUT2D eigenvalue weighted by molar-refractivity contribution is 7.81. The van der Waals surface area contributed by atoms with Gasteiger partial charge in [-0.3, -0.25) is 9.69 Å². The molecule has 1 spiro atoms. The van der Waals surface area contributed by atoms with Gasteiger partial charge in [-0.05, 0) is 75.3 Å². The number of aliphatic hydroxyl groups excluding tert-OH is 1. The second-order valence-corrected chi connectivity index (χ2v) is 10.5. The summed E-state index contributed by atoms with van der Waals surface area (Å²) in [5.41, 5.74) is -1.21. The fourth-order valence-electron chi connectivity index (χ4n) is 5.75. The normalized spacial score (nSPS) is 20.8. The van der Waals surface area contributed by atoms with Crippen molar-refractivity contribution in [2.45, 2.75) is 63.4 Å². The number of hydrogen-bond acceptors (Lipinski definition) is 6. The lowest BCUT2D eigenvalue weighted by molar-refractivity contribution is -0.137. The number of halogens is 3. The van der Waals surface area contributed by atoms with Crippen LogP contribution < -0.4 is 19.4 Å². The van der Waals surface area contributed by atoms with Gasteiger partial charge in [-0.25, -0.2) is 0 Å². The number of carbonyl (C=O) groups excluding carboxylic acids is 1. The van der Waals surface area contributed by atoms with Crippen LogP contribution in [0.15, 0.2) is 36.4 Å². The van der Waals surface area contributed by atoms with Crippen LogP contribution in [0.25, 0.3) is 0 Å². The highest BCUT2D eigenvalue weighted by atomic mass is 32.1. The molecule has 38 heavy (non-hydrogen) atoms. The van der Waals surface area contributed by atoms with E-state index in [1.54, 1.807) is 23.1 Å². The minimum absolute atomic E-state index is 0.0176. The third-order valence-electron chi connectivity index (χ3n) is 7.56. The summed E-state index contributed by atoms with van der Waals surface area (Å²) in [6.07, 6.45) is -2.55. The summed E-state index contributed by atoms with van der Waals surface area (Å²) in [5.74, 6) is 0.233. The number of nitrogens with zero attached hydrogens (tertiary/aromatic N) is 4. The van der Waals surface area contributed by atoms with Crippen LogP contribution in [0, 0.1) is 11.3 Å². The molecule has 0 aromatic heterocycles. The van der Waals surface area contributed by atoms with Crippen molar-refractivity contribution in [3.8, 4) is 11.8 Å². The number of benzene rings is 2. The number of hydrogen-bond donors (Lipinski definition) is 1. The van der Waals surface area contributed by atoms with Gasteiger partial charge in [0, 0.05) is 11.7 Å². The van der Waals surface area contributed by atoms with Gasteiger partial charge in [0.25, 0.3) is 5.91 Å². The van der Waals surface area contributed by atoms with Crippen molar-refractivity contribution < 1.29 is 27.8 Å². The summed E-state index contributed by atoms with van der Waals surface area (Å²) in [5, 5.41) is 19.0. The van der Waals surface area contributed by atoms with Crippen LogP contribution in [0.1, 0.15) is 50.7 Å². The highest BCUT2D eigenvalue weighted by Crippen LogP contribution is 2.48. The van der Waals surface area contributed by atoms with E-state index in [-0.39, 0.29) is 35.5 Å². The average molecular weight is 545 g/mol. The number of thiocarbonyl (C=S) groups is 1. The molecular formula is C27H27F3N4O3S. The molecule has 7 nitrogen and oxygen atoms in total. The predicted octanol–water partition coefficient (Wildman–Crippen LogP) is 5.00. The number of alkyl halides is 3. The number of ether oxygens (including phenoxy) is 1. The van der Waals surface area contributed by atoms with Gasteiger partial charge >= 0.3 is 6.18 Å². The Kier molecular flexibility index (Phi) is 6.52. The Morgan fingerprint density at radius 2 is 1.87 bits per heavy atom. The van der Waals surface area contributed by atoms with Crippen LogP contribution in [0.2, 0.25) is 0 Å². The van der Waals surface area contributed by atoms with Gasteiger partial charge in [-0.2, -0.15) is 18.4 Å². The molecule has 1 aliphatic carbocycles. The fourth-order valence-corrected chi connectivity index (χ4v) is 6.22. The number of carbonyl (C=O) groups is 1. The molecule has 0 radical (unpaired) electrons. The van der Waals surface area contributed by atoms with Gasteiger partial charge in [0.15, 0.2) is 5.11 Å². The zero-order valence-corrected chi connectivity index (χ0v) is 21.8. The van der Waals surface area contributed by atoms with Crippen LogP contribution in [0.3, 0.4) is 0 Å². The van der Waals surface area contributed by atoms with E-state index in [4.69, 9.17) is 17.0 Å². The zero-order chi connectivity index (χ0) is 27.4. The SMILES string of the molecule is CC(C)N1C[C@H](CO)Oc2ccc(N3C(=S)N(c4ccc(C#N)c(C(F)(F)F)c4)C(=O)C34CCCC4)cc21. The largest absolute Gasteiger partial charge is 0.484 e. The first kappa shape index (κ1) is 26.3. The van der Waals surface area contributed by atoms with E-state index in [2.05, 4.69) is 4.90 Å². The Morgan fingerprint density at radius 3 is 2.47 bits per heavy atom. The molecule has 0 bridgehead atoms. The second kappa shape index (κ2) is 9.43. The van der Waals surface area contributed by atoms with Crippen molar-refractivity contribution in [3.05, 3.63) is 47.5 Å². The van der Waals surface area contributed by atoms with Gasteiger partial charge in [0.1, 0.15) is 17.4 Å². The zero-order valence-electron chi connectivity index (χ0n) is 21.0. The van der Waals surface area contributed by atoms with Crippen molar-refractivity contribution in [1.82, 2.24) is 0 Å². The number of anilines is 3. The molecule has 2 heterocycles. The Labute approximate surface area is 224 Å². The Morgan fingerprint density at radius 1 is 1.18 bits per heavy atom. The van der Waals surface area contributed by atoms with Crippen LogP contribution in [0.5, 0.6) is 5.75 Å². The first-order chi connectivity index (χ1) is 18.0. The first-order valence-electron chi connectivity index (χ1n) is 12.5. The molecule has 200 valence electrons. The topological polar surface area (TPSA) is 80.0 Å². The third kappa shape index (κ3) is 4.07. The van der Waals surface area contributed by atoms with E-state index in [1.165, 1.54) is 11.0 Å². The van der Waals surface area contributed by atoms with Crippen LogP contribution in [0.4, 0.5) is 30.2 Å². The lowest BCUT2D eigenvalue weighted by Crippen LogP contribution is -2.48. The number of amides is 1. The summed E-state index contributed by atoms with van der Waals surface area (Å²) in [6, 6.07) is 10.4. The van der Waals surface area contributed by atoms with Gasteiger partial charge in [0.05, 0.1) is 41.7 Å². The molecule has 1 N–H and O–H groups in total. The maximum atomic E-state index is 14.0. The smallest absolute Gasteiger partial charge is 0.417 e. The quantitative estimate of drug-likeness (QED) is 0.543. The lowest BCUT2D eigenvalue weighted by Gasteiger charge is -2.40. The minimum Gasteiger partial charge on any atom is -0.484 e. The molecule has 2 fully saturated rings. The molecule has 1 saturated carbocycles. The molecule has 2 aromatic rings. The van der Waals surface area contributed by atoms with Crippen molar-refractivity contribution in [2.24, 2.45) is 0 Å². The average Bonchev–Trinajstić information content (AvgIpc) is 3.45. The highest BCUT2D eigenvalue weighted by Gasteiger charge is 2.57. The number of rotatable bonds is 4. The molecule has 3 aliphatic rings. The van der Waals surface area contributed by atoms with Gasteiger partial charge in [-0.15, -0.1) is 0 Å². The van der Waals surface area contributed by atoms with Crippen LogP contribution >= 0.6 is 12.2 Å². The summed E-state index contributed by atoms with van der Waals surface area (Å²) in [6.45, 7) is 4.42. The monoisotopic (exact) mass is 544 g/mol. The number of nitriles is 1. The molecule has 1 amide bonds. The van der Waals surface area contributed by atoms with Gasteiger partial charge in [0.2, 0.25) is 0 Å². The molecule has 2 aromatic carbocycles. The van der Waals surface area contributed by atoms with Crippen molar-refractivity contribution >= 4 is 40.3 Å². The van der Waals surface area contributed by atoms with Crippen LogP contribution in [-0.2, 0) is 11.0 Å². The van der Waals surface area contributed by atoms with E-state index in [0.717, 1.165) is 30.7 Å². The third-order valence-corrected chi connectivity index (χ3v) is 7.93. The van der Waals surface area contributed by atoms with E-state index < -0.39 is 22.8 Å². The molecule has 11 heteroatoms. The summed E-state index contributed by atoms with van der Waals surface area (Å²) < 4.78 is 47.1. The summed E-state index contributed by atoms with van der Waals surface area (Å²) in [7, 11) is 0. The van der Waals surface area contributed by atoms with Gasteiger partial charge < -0.3 is 19.6 Å². The van der Waals surface area contributed by atoms with E-state index in [1.807, 2.05) is 19.9 Å². The van der Waals surface area contributed by atoms with Crippen LogP contribution in [-0.4, -0.2) is 47.0 Å². The van der Waals surface area contributed by atoms with Gasteiger partial charge in [-0.1, -0.05) is 12.8 Å². The van der Waals surface area contributed by atoms with E-state index >= 15 is 0 Å². The summed E-state index contributed by atoms with van der Waals surface area (Å²) in [4.78, 5) is 19.0. The standard InChI is InChI=1S/C27H27F3N4O3S/c1-16(2)32-14-20(15-35)37-23-8-7-19(12-22(23)32)34-25(38)33(24(36)26(34)9-3-4-10-26)18-6-5-17(13-31)21(11-18)27(28,29)30/h5-8,11-12,16,20,35H,3-4,9-10,14-15H2,1-2H3/t20-/m1/s1. The molecule has 0 unspecified atom stereocenters. The number of aliphatic hydroxyl groups is 1. The Hall–Kier alpha value is -3.36. The minimum atomic E-state index is -4.76. The first-order valence-corrected chi connectivity index (χ1v) is 12.9. The van der Waals surface area contributed by atoms with E-state index in [9.17, 15) is 28.3 Å². The fraction of sp³-hybridized carbons (Fsp3) is 0.444. The number of fused-ring (bicyclic) bond motifs is 1. The Bertz CT molecular complexity index is 1330.